The highest BCUT2D eigenvalue weighted by molar-refractivity contribution is 5.94. The van der Waals surface area contributed by atoms with Crippen molar-refractivity contribution in [2.75, 3.05) is 19.9 Å². The van der Waals surface area contributed by atoms with E-state index in [0.717, 1.165) is 28.5 Å². The van der Waals surface area contributed by atoms with Gasteiger partial charge < -0.3 is 23.9 Å². The molecule has 6 heteroatoms. The standard InChI is InChI=1S/C27H23NO5/c29-26(28-15-25-19-9-5-4-6-17(19)10-11-30-25)13-21-20-12-23-24(32-16-31-23)14-22(20)33-27(21)18-7-2-1-3-8-18/h1-9,12,14,25H,10-11,13,15-16H2,(H,28,29). The molecule has 0 saturated carbocycles. The van der Waals surface area contributed by atoms with E-state index in [-0.39, 0.29) is 25.2 Å². The second-order valence-corrected chi connectivity index (χ2v) is 8.27. The third-order valence-corrected chi connectivity index (χ3v) is 6.24. The van der Waals surface area contributed by atoms with Crippen LogP contribution in [0.25, 0.3) is 22.3 Å². The van der Waals surface area contributed by atoms with E-state index in [9.17, 15) is 4.79 Å². The molecule has 1 amide bonds. The maximum Gasteiger partial charge on any atom is 0.231 e. The molecule has 0 saturated heterocycles. The van der Waals surface area contributed by atoms with Crippen molar-refractivity contribution in [3.63, 3.8) is 0 Å². The topological polar surface area (TPSA) is 69.9 Å². The summed E-state index contributed by atoms with van der Waals surface area (Å²) in [5.41, 5.74) is 4.85. The summed E-state index contributed by atoms with van der Waals surface area (Å²) in [5.74, 6) is 1.92. The van der Waals surface area contributed by atoms with E-state index in [1.54, 1.807) is 0 Å². The van der Waals surface area contributed by atoms with Crippen molar-refractivity contribution in [1.82, 2.24) is 5.32 Å². The molecule has 4 aromatic rings. The van der Waals surface area contributed by atoms with Gasteiger partial charge in [0.1, 0.15) is 17.4 Å². The van der Waals surface area contributed by atoms with Gasteiger partial charge in [-0.15, -0.1) is 0 Å². The van der Waals surface area contributed by atoms with Crippen LogP contribution in [0, 0.1) is 0 Å². The van der Waals surface area contributed by atoms with E-state index < -0.39 is 0 Å². The van der Waals surface area contributed by atoms with Gasteiger partial charge in [0.15, 0.2) is 11.5 Å². The number of carbonyl (C=O) groups is 1. The zero-order valence-corrected chi connectivity index (χ0v) is 18.0. The Morgan fingerprint density at radius 2 is 1.76 bits per heavy atom. The van der Waals surface area contributed by atoms with Crippen LogP contribution in [0.1, 0.15) is 22.8 Å². The Bertz CT molecular complexity index is 1330. The van der Waals surface area contributed by atoms with Crippen LogP contribution in [0.15, 0.2) is 71.1 Å². The molecule has 0 spiro atoms. The summed E-state index contributed by atoms with van der Waals surface area (Å²) in [7, 11) is 0. The lowest BCUT2D eigenvalue weighted by Crippen LogP contribution is -2.32. The molecule has 33 heavy (non-hydrogen) atoms. The maximum atomic E-state index is 13.1. The molecule has 2 aliphatic rings. The Labute approximate surface area is 191 Å². The molecule has 0 radical (unpaired) electrons. The lowest BCUT2D eigenvalue weighted by molar-refractivity contribution is -0.121. The zero-order valence-electron chi connectivity index (χ0n) is 18.0. The third kappa shape index (κ3) is 3.72. The van der Waals surface area contributed by atoms with Crippen LogP contribution in [-0.4, -0.2) is 25.9 Å². The SMILES string of the molecule is O=C(Cc1c(-c2ccccc2)oc2cc3c(cc12)OCO3)NCC1OCCc2ccccc21. The average Bonchev–Trinajstić information content (AvgIpc) is 3.46. The summed E-state index contributed by atoms with van der Waals surface area (Å²) in [6.45, 7) is 1.28. The van der Waals surface area contributed by atoms with Gasteiger partial charge in [-0.2, -0.15) is 0 Å². The first-order valence-corrected chi connectivity index (χ1v) is 11.1. The summed E-state index contributed by atoms with van der Waals surface area (Å²) in [5, 5.41) is 3.92. The molecule has 6 rings (SSSR count). The number of nitrogens with one attached hydrogen (secondary N) is 1. The molecule has 0 bridgehead atoms. The van der Waals surface area contributed by atoms with E-state index in [1.807, 2.05) is 54.6 Å². The first-order chi connectivity index (χ1) is 16.3. The van der Waals surface area contributed by atoms with Gasteiger partial charge >= 0.3 is 0 Å². The summed E-state index contributed by atoms with van der Waals surface area (Å²) in [6.07, 6.45) is 0.950. The number of rotatable bonds is 5. The predicted octanol–water partition coefficient (Wildman–Crippen LogP) is 4.80. The van der Waals surface area contributed by atoms with E-state index in [2.05, 4.69) is 17.4 Å². The van der Waals surface area contributed by atoms with E-state index in [1.165, 1.54) is 5.56 Å². The number of hydrogen-bond donors (Lipinski definition) is 1. The fourth-order valence-electron chi connectivity index (χ4n) is 4.61. The quantitative estimate of drug-likeness (QED) is 0.482. The van der Waals surface area contributed by atoms with Crippen LogP contribution < -0.4 is 14.8 Å². The van der Waals surface area contributed by atoms with Crippen LogP contribution in [0.5, 0.6) is 11.5 Å². The summed E-state index contributed by atoms with van der Waals surface area (Å²) in [6, 6.07) is 21.8. The van der Waals surface area contributed by atoms with Gasteiger partial charge in [0, 0.05) is 29.1 Å². The molecule has 1 unspecified atom stereocenters. The molecule has 0 fully saturated rings. The first kappa shape index (κ1) is 19.9. The number of amides is 1. The normalized spacial score (nSPS) is 16.5. The van der Waals surface area contributed by atoms with Gasteiger partial charge in [-0.1, -0.05) is 54.6 Å². The monoisotopic (exact) mass is 441 g/mol. The predicted molar refractivity (Wildman–Crippen MR) is 123 cm³/mol. The van der Waals surface area contributed by atoms with Gasteiger partial charge in [-0.05, 0) is 23.6 Å². The maximum absolute atomic E-state index is 13.1. The van der Waals surface area contributed by atoms with Gasteiger partial charge in [0.2, 0.25) is 12.7 Å². The van der Waals surface area contributed by atoms with Crippen molar-refractivity contribution >= 4 is 16.9 Å². The molecule has 2 aliphatic heterocycles. The Morgan fingerprint density at radius 3 is 2.64 bits per heavy atom. The molecule has 1 atom stereocenters. The molecule has 166 valence electrons. The molecule has 1 N–H and O–H groups in total. The highest BCUT2D eigenvalue weighted by atomic mass is 16.7. The number of carbonyl (C=O) groups excluding carboxylic acids is 1. The minimum atomic E-state index is -0.137. The molecule has 3 heterocycles. The molecule has 6 nitrogen and oxygen atoms in total. The molecular formula is C27H23NO5. The van der Waals surface area contributed by atoms with Crippen molar-refractivity contribution in [3.05, 3.63) is 83.4 Å². The van der Waals surface area contributed by atoms with Crippen molar-refractivity contribution in [2.45, 2.75) is 18.9 Å². The minimum Gasteiger partial charge on any atom is -0.456 e. The number of fused-ring (bicyclic) bond motifs is 3. The fraction of sp³-hybridized carbons (Fsp3) is 0.222. The molecule has 0 aliphatic carbocycles. The Balaban J connectivity index is 1.28. The van der Waals surface area contributed by atoms with Crippen molar-refractivity contribution in [3.8, 4) is 22.8 Å². The van der Waals surface area contributed by atoms with Gasteiger partial charge in [0.05, 0.1) is 13.0 Å². The lowest BCUT2D eigenvalue weighted by Gasteiger charge is -2.26. The van der Waals surface area contributed by atoms with Crippen molar-refractivity contribution in [2.24, 2.45) is 0 Å². The molecule has 3 aromatic carbocycles. The second kappa shape index (κ2) is 8.30. The summed E-state index contributed by atoms with van der Waals surface area (Å²) >= 11 is 0. The zero-order chi connectivity index (χ0) is 22.2. The van der Waals surface area contributed by atoms with E-state index in [0.29, 0.717) is 36.0 Å². The second-order valence-electron chi connectivity index (χ2n) is 8.27. The minimum absolute atomic E-state index is 0.0841. The van der Waals surface area contributed by atoms with Crippen LogP contribution >= 0.6 is 0 Å². The van der Waals surface area contributed by atoms with Gasteiger partial charge in [-0.25, -0.2) is 0 Å². The fourth-order valence-corrected chi connectivity index (χ4v) is 4.61. The van der Waals surface area contributed by atoms with Crippen LogP contribution in [0.3, 0.4) is 0 Å². The highest BCUT2D eigenvalue weighted by Crippen LogP contribution is 2.42. The summed E-state index contributed by atoms with van der Waals surface area (Å²) < 4.78 is 23.2. The van der Waals surface area contributed by atoms with E-state index >= 15 is 0 Å². The summed E-state index contributed by atoms with van der Waals surface area (Å²) in [4.78, 5) is 13.1. The molecule has 1 aromatic heterocycles. The van der Waals surface area contributed by atoms with Gasteiger partial charge in [-0.3, -0.25) is 4.79 Å². The van der Waals surface area contributed by atoms with Crippen molar-refractivity contribution in [1.29, 1.82) is 0 Å². The first-order valence-electron chi connectivity index (χ1n) is 11.1. The third-order valence-electron chi connectivity index (χ3n) is 6.24. The Hall–Kier alpha value is -3.77. The lowest BCUT2D eigenvalue weighted by atomic mass is 9.97. The number of benzene rings is 3. The molecular weight excluding hydrogens is 418 g/mol. The van der Waals surface area contributed by atoms with E-state index in [4.69, 9.17) is 18.6 Å². The van der Waals surface area contributed by atoms with Crippen molar-refractivity contribution < 1.29 is 23.4 Å². The van der Waals surface area contributed by atoms with Crippen LogP contribution in [0.4, 0.5) is 0 Å². The largest absolute Gasteiger partial charge is 0.456 e. The van der Waals surface area contributed by atoms with Crippen LogP contribution in [-0.2, 0) is 22.4 Å². The highest BCUT2D eigenvalue weighted by Gasteiger charge is 2.25. The van der Waals surface area contributed by atoms with Gasteiger partial charge in [0.25, 0.3) is 0 Å². The number of hydrogen-bond acceptors (Lipinski definition) is 5. The van der Waals surface area contributed by atoms with Crippen LogP contribution in [0.2, 0.25) is 0 Å². The Kier molecular flexibility index (Phi) is 5.00. The number of furan rings is 1. The number of ether oxygens (including phenoxy) is 3. The smallest absolute Gasteiger partial charge is 0.231 e. The average molecular weight is 441 g/mol. The Morgan fingerprint density at radius 1 is 0.970 bits per heavy atom.